The fraction of sp³-hybridized carbons (Fsp3) is 0.289. The molecule has 6 aromatic heterocycles. The number of hydrogen-bond acceptors (Lipinski definition) is 15. The molecule has 0 aliphatic rings. The quantitative estimate of drug-likeness (QED) is 0.0441. The van der Waals surface area contributed by atoms with E-state index in [0.717, 1.165) is 21.5 Å². The van der Waals surface area contributed by atoms with Gasteiger partial charge < -0.3 is 20.4 Å². The smallest absolute Gasteiger partial charge is 0.338 e. The van der Waals surface area contributed by atoms with Crippen LogP contribution < -0.4 is 0 Å². The van der Waals surface area contributed by atoms with E-state index in [0.29, 0.717) is 34.3 Å². The zero-order valence-corrected chi connectivity index (χ0v) is 39.2. The molecule has 0 bridgehead atoms. The molecule has 8 rings (SSSR count). The first-order valence-corrected chi connectivity index (χ1v) is 21.5. The molecule has 0 spiro atoms. The summed E-state index contributed by atoms with van der Waals surface area (Å²) in [6, 6.07) is 9.60. The number of aromatic nitrogens is 12. The van der Waals surface area contributed by atoms with Crippen molar-refractivity contribution in [2.45, 2.75) is 85.5 Å². The Morgan fingerprint density at radius 2 is 1.10 bits per heavy atom. The fourth-order valence-electron chi connectivity index (χ4n) is 7.91. The second-order valence-electron chi connectivity index (χ2n) is 18.1. The van der Waals surface area contributed by atoms with Crippen LogP contribution in [0.25, 0.3) is 27.5 Å². The number of aromatic amines is 2. The normalized spacial score (nSPS) is 12.1. The zero-order valence-electron chi connectivity index (χ0n) is 39.2. The highest BCUT2D eigenvalue weighted by molar-refractivity contribution is 6.05. The van der Waals surface area contributed by atoms with Crippen molar-refractivity contribution in [1.82, 2.24) is 59.2 Å². The van der Waals surface area contributed by atoms with Gasteiger partial charge in [-0.05, 0) is 57.4 Å². The lowest BCUT2D eigenvalue weighted by Gasteiger charge is -2.16. The lowest BCUT2D eigenvalue weighted by Crippen LogP contribution is -2.13. The molecule has 0 radical (unpaired) electrons. The van der Waals surface area contributed by atoms with Crippen molar-refractivity contribution in [3.63, 3.8) is 0 Å². The summed E-state index contributed by atoms with van der Waals surface area (Å²) >= 11 is 0. The minimum Gasteiger partial charge on any atom is -0.478 e. The van der Waals surface area contributed by atoms with Crippen LogP contribution in [0.5, 0.6) is 0 Å². The number of hydrogen-bond donors (Lipinski definition) is 6. The molecule has 6 N–H and O–H groups in total. The molecular formula is C45H42N18O8. The lowest BCUT2D eigenvalue weighted by atomic mass is 9.91. The van der Waals surface area contributed by atoms with Gasteiger partial charge >= 0.3 is 23.9 Å². The third kappa shape index (κ3) is 8.60. The highest BCUT2D eigenvalue weighted by Gasteiger charge is 2.31. The molecule has 0 fully saturated rings. The van der Waals surface area contributed by atoms with Gasteiger partial charge in [-0.25, -0.2) is 43.4 Å². The van der Waals surface area contributed by atoms with E-state index in [2.05, 4.69) is 71.9 Å². The lowest BCUT2D eigenvalue weighted by molar-refractivity contribution is 0.0651. The van der Waals surface area contributed by atoms with E-state index in [9.17, 15) is 44.9 Å². The molecule has 0 unspecified atom stereocenters. The summed E-state index contributed by atoms with van der Waals surface area (Å²) in [4.78, 5) is 62.8. The van der Waals surface area contributed by atoms with Crippen LogP contribution in [-0.4, -0.2) is 103 Å². The molecule has 0 aliphatic heterocycles. The molecule has 8 aromatic rings. The number of H-pyrrole nitrogens is 2. The third-order valence-corrected chi connectivity index (χ3v) is 11.1. The number of carbonyl (C=O) groups is 4. The van der Waals surface area contributed by atoms with Crippen molar-refractivity contribution < 1.29 is 39.6 Å². The maximum absolute atomic E-state index is 12.7. The van der Waals surface area contributed by atoms with Crippen LogP contribution in [0.4, 0.5) is 28.7 Å². The highest BCUT2D eigenvalue weighted by Crippen LogP contribution is 2.41. The number of aryl methyl sites for hydroxylation is 4. The van der Waals surface area contributed by atoms with E-state index in [1.807, 2.05) is 41.5 Å². The molecule has 0 aliphatic carbocycles. The van der Waals surface area contributed by atoms with Gasteiger partial charge in [0.25, 0.3) is 5.69 Å². The summed E-state index contributed by atoms with van der Waals surface area (Å²) in [7, 11) is 0. The van der Waals surface area contributed by atoms with Gasteiger partial charge in [-0.15, -0.1) is 30.7 Å². The van der Waals surface area contributed by atoms with Gasteiger partial charge in [0.05, 0.1) is 63.0 Å². The second-order valence-corrected chi connectivity index (χ2v) is 18.1. The first kappa shape index (κ1) is 47.8. The summed E-state index contributed by atoms with van der Waals surface area (Å²) in [5.41, 5.74) is -1.81. The molecule has 0 amide bonds. The van der Waals surface area contributed by atoms with Crippen molar-refractivity contribution in [3.05, 3.63) is 110 Å². The van der Waals surface area contributed by atoms with Gasteiger partial charge in [-0.3, -0.25) is 10.2 Å². The molecule has 6 heterocycles. The Labute approximate surface area is 400 Å². The molecule has 71 heavy (non-hydrogen) atoms. The van der Waals surface area contributed by atoms with Gasteiger partial charge in [-0.1, -0.05) is 53.7 Å². The molecule has 0 atom stereocenters. The number of nitrogens with one attached hydrogen (secondary N) is 2. The SMILES string of the molecule is [C-]#[N+]c1c(CCCc2nn(-c3cccc(C(=O)O)c3C(=O)O)c(N=Nc3c(C(C)(C)C)[nH]n4nc(C)nc34)c2C#N)nn(-c2cccc(C(=O)O)c2C(=O)O)c1N=Nc1c(C(C)(C)C)[nH]n2nc(C)nc12. The van der Waals surface area contributed by atoms with E-state index in [1.54, 1.807) is 13.8 Å². The Morgan fingerprint density at radius 3 is 1.52 bits per heavy atom. The topological polar surface area (TPSA) is 354 Å². The summed E-state index contributed by atoms with van der Waals surface area (Å²) in [5.74, 6) is -5.89. The van der Waals surface area contributed by atoms with Crippen LogP contribution in [0.15, 0.2) is 56.9 Å². The molecule has 2 aromatic carbocycles. The maximum Gasteiger partial charge on any atom is 0.338 e. The van der Waals surface area contributed by atoms with Gasteiger partial charge in [0.1, 0.15) is 23.3 Å². The van der Waals surface area contributed by atoms with E-state index in [4.69, 9.17) is 6.57 Å². The number of carboxylic acid groups (broad SMARTS) is 4. The number of aromatic carboxylic acids is 4. The molecule has 26 nitrogen and oxygen atoms in total. The predicted molar refractivity (Wildman–Crippen MR) is 248 cm³/mol. The predicted octanol–water partition coefficient (Wildman–Crippen LogP) is 8.23. The first-order valence-electron chi connectivity index (χ1n) is 21.5. The number of nitrogens with zero attached hydrogens (tertiary/aromatic N) is 16. The fourth-order valence-corrected chi connectivity index (χ4v) is 7.91. The van der Waals surface area contributed by atoms with Crippen LogP contribution >= 0.6 is 0 Å². The highest BCUT2D eigenvalue weighted by atomic mass is 16.4. The Balaban J connectivity index is 1.26. The van der Waals surface area contributed by atoms with E-state index in [-0.39, 0.29) is 76.3 Å². The van der Waals surface area contributed by atoms with Crippen molar-refractivity contribution in [2.24, 2.45) is 20.5 Å². The van der Waals surface area contributed by atoms with Gasteiger partial charge in [-0.2, -0.15) is 24.7 Å². The van der Waals surface area contributed by atoms with Crippen molar-refractivity contribution in [1.29, 1.82) is 5.26 Å². The van der Waals surface area contributed by atoms with Gasteiger partial charge in [0.2, 0.25) is 11.3 Å². The van der Waals surface area contributed by atoms with Crippen LogP contribution in [0.1, 0.15) is 129 Å². The number of fused-ring (bicyclic) bond motifs is 2. The Morgan fingerprint density at radius 1 is 0.662 bits per heavy atom. The number of rotatable bonds is 14. The van der Waals surface area contributed by atoms with E-state index in [1.165, 1.54) is 33.5 Å². The van der Waals surface area contributed by atoms with Crippen molar-refractivity contribution in [2.75, 3.05) is 0 Å². The molecule has 0 saturated carbocycles. The standard InChI is InChI=1S/C45H42N18O8/c1-20-48-37-32(34(44(3,4)5)58-62(37)54-20)50-52-36-24(19-46)25(56-60(36)27-17-10-13-22(40(64)65)29(27)42(68)69)15-12-16-26-31(47-9)39(61(57-26)28-18-11-14-23(41(66)67)30(28)43(70)71)53-51-33-35(45(6,7)8)59-63-38(33)49-21(2)55-63/h10-11,13-14,17-18,58-59H,12,15-16H2,1-8H3,(H,64,65)(H,66,67)(H,68,69)(H,70,71). The summed E-state index contributed by atoms with van der Waals surface area (Å²) in [6.45, 7) is 23.2. The molecule has 360 valence electrons. The Bertz CT molecular complexity index is 3440. The van der Waals surface area contributed by atoms with Gasteiger partial charge in [0.15, 0.2) is 23.0 Å². The summed E-state index contributed by atoms with van der Waals surface area (Å²) in [5, 5.41) is 93.7. The summed E-state index contributed by atoms with van der Waals surface area (Å²) in [6.07, 6.45) is -0.0220. The minimum atomic E-state index is -1.60. The van der Waals surface area contributed by atoms with Crippen LogP contribution in [0.3, 0.4) is 0 Å². The second kappa shape index (κ2) is 17.7. The van der Waals surface area contributed by atoms with Crippen molar-refractivity contribution >= 4 is 63.9 Å². The van der Waals surface area contributed by atoms with E-state index >= 15 is 0 Å². The minimum absolute atomic E-state index is 0.0504. The Kier molecular flexibility index (Phi) is 11.9. The monoisotopic (exact) mass is 962 g/mol. The van der Waals surface area contributed by atoms with E-state index < -0.39 is 57.0 Å². The maximum atomic E-state index is 12.7. The van der Waals surface area contributed by atoms with Crippen molar-refractivity contribution in [3.8, 4) is 17.4 Å². The van der Waals surface area contributed by atoms with Crippen LogP contribution in [-0.2, 0) is 23.7 Å². The summed E-state index contributed by atoms with van der Waals surface area (Å²) < 4.78 is 4.92. The van der Waals surface area contributed by atoms with Crippen LogP contribution in [0, 0.1) is 31.8 Å². The zero-order chi connectivity index (χ0) is 51.4. The Hall–Kier alpha value is -9.72. The number of benzene rings is 2. The molecule has 0 saturated heterocycles. The van der Waals surface area contributed by atoms with Crippen LogP contribution in [0.2, 0.25) is 0 Å². The first-order chi connectivity index (χ1) is 33.5. The molecule has 26 heteroatoms. The third-order valence-electron chi connectivity index (χ3n) is 11.1. The van der Waals surface area contributed by atoms with Gasteiger partial charge in [0, 0.05) is 10.8 Å². The average molecular weight is 963 g/mol. The molecular weight excluding hydrogens is 921 g/mol. The largest absolute Gasteiger partial charge is 0.478 e. The number of carboxylic acids is 4. The average Bonchev–Trinajstić information content (AvgIpc) is 4.14. The number of nitriles is 1. The number of azo groups is 2.